The highest BCUT2D eigenvalue weighted by atomic mass is 32.2. The minimum atomic E-state index is -0.508. The van der Waals surface area contributed by atoms with Gasteiger partial charge in [-0.25, -0.2) is 0 Å². The van der Waals surface area contributed by atoms with Crippen LogP contribution in [0.15, 0.2) is 47.4 Å². The fourth-order valence-corrected chi connectivity index (χ4v) is 4.03. The van der Waals surface area contributed by atoms with Gasteiger partial charge < -0.3 is 15.4 Å². The number of hydrogen-bond acceptors (Lipinski definition) is 4. The van der Waals surface area contributed by atoms with Gasteiger partial charge in [0.15, 0.2) is 6.10 Å². The molecule has 0 unspecified atom stereocenters. The Bertz CT molecular complexity index is 812. The Balaban J connectivity index is 1.48. The second-order valence-corrected chi connectivity index (χ2v) is 7.11. The van der Waals surface area contributed by atoms with Crippen molar-refractivity contribution in [3.8, 4) is 5.75 Å². The lowest BCUT2D eigenvalue weighted by Gasteiger charge is -2.23. The molecule has 0 spiro atoms. The first kappa shape index (κ1) is 15.1. The summed E-state index contributed by atoms with van der Waals surface area (Å²) in [5.41, 5.74) is 2.44. The van der Waals surface area contributed by atoms with Gasteiger partial charge in [0.1, 0.15) is 5.75 Å². The minimum Gasteiger partial charge on any atom is -0.479 e. The number of fused-ring (bicyclic) bond motifs is 2. The Morgan fingerprint density at radius 3 is 2.96 bits per heavy atom. The molecule has 2 aromatic rings. The van der Waals surface area contributed by atoms with Crippen LogP contribution in [0.1, 0.15) is 12.5 Å². The Kier molecular flexibility index (Phi) is 3.69. The number of amides is 2. The summed E-state index contributed by atoms with van der Waals surface area (Å²) in [4.78, 5) is 25.4. The van der Waals surface area contributed by atoms with E-state index in [-0.39, 0.29) is 17.1 Å². The topological polar surface area (TPSA) is 67.4 Å². The van der Waals surface area contributed by atoms with Crippen molar-refractivity contribution in [2.75, 3.05) is 10.6 Å². The highest BCUT2D eigenvalue weighted by Gasteiger charge is 2.28. The van der Waals surface area contributed by atoms with Crippen LogP contribution < -0.4 is 15.4 Å². The number of thioether (sulfide) groups is 1. The second kappa shape index (κ2) is 5.87. The van der Waals surface area contributed by atoms with Gasteiger partial charge in [-0.05, 0) is 43.2 Å². The molecule has 2 aliphatic rings. The number of nitrogens with one attached hydrogen (secondary N) is 2. The van der Waals surface area contributed by atoms with Gasteiger partial charge in [0.25, 0.3) is 5.91 Å². The van der Waals surface area contributed by atoms with E-state index in [0.717, 1.165) is 11.3 Å². The van der Waals surface area contributed by atoms with Gasteiger partial charge in [-0.1, -0.05) is 18.2 Å². The standard InChI is InChI=1S/C18H16N2O3S/c1-10-17(21)20-13-9-12(6-7-14(13)23-10)19-18(22)16-8-11-4-2-3-5-15(11)24-16/h2-7,9-10,16H,8H2,1H3,(H,19,22)(H,20,21)/t10-,16+/m1/s1. The largest absolute Gasteiger partial charge is 0.479 e. The van der Waals surface area contributed by atoms with Gasteiger partial charge in [-0.3, -0.25) is 9.59 Å². The Hall–Kier alpha value is -2.47. The first-order valence-electron chi connectivity index (χ1n) is 7.77. The van der Waals surface area contributed by atoms with Crippen LogP contribution in [0.5, 0.6) is 5.75 Å². The van der Waals surface area contributed by atoms with E-state index in [2.05, 4.69) is 16.7 Å². The SMILES string of the molecule is C[C@H]1Oc2ccc(NC(=O)[C@@H]3Cc4ccccc4S3)cc2NC1=O. The third-order valence-corrected chi connectivity index (χ3v) is 5.43. The molecule has 2 atom stereocenters. The summed E-state index contributed by atoms with van der Waals surface area (Å²) in [6.07, 6.45) is 0.223. The summed E-state index contributed by atoms with van der Waals surface area (Å²) in [5, 5.41) is 5.58. The molecule has 2 N–H and O–H groups in total. The van der Waals surface area contributed by atoms with Gasteiger partial charge in [-0.2, -0.15) is 0 Å². The van der Waals surface area contributed by atoms with Crippen LogP contribution in [-0.2, 0) is 16.0 Å². The van der Waals surface area contributed by atoms with E-state index in [4.69, 9.17) is 4.74 Å². The molecule has 0 bridgehead atoms. The van der Waals surface area contributed by atoms with E-state index in [1.54, 1.807) is 36.9 Å². The summed E-state index contributed by atoms with van der Waals surface area (Å²) in [6, 6.07) is 13.4. The van der Waals surface area contributed by atoms with Crippen molar-refractivity contribution in [2.24, 2.45) is 0 Å². The lowest BCUT2D eigenvalue weighted by molar-refractivity contribution is -0.122. The molecule has 0 saturated heterocycles. The van der Waals surface area contributed by atoms with E-state index in [9.17, 15) is 9.59 Å². The third kappa shape index (κ3) is 2.73. The second-order valence-electron chi connectivity index (χ2n) is 5.87. The van der Waals surface area contributed by atoms with E-state index >= 15 is 0 Å². The van der Waals surface area contributed by atoms with Crippen LogP contribution in [-0.4, -0.2) is 23.2 Å². The molecule has 0 aromatic heterocycles. The lowest BCUT2D eigenvalue weighted by Crippen LogP contribution is -2.34. The molecule has 6 heteroatoms. The molecule has 122 valence electrons. The maximum Gasteiger partial charge on any atom is 0.265 e. The monoisotopic (exact) mass is 340 g/mol. The van der Waals surface area contributed by atoms with Crippen LogP contribution in [0.2, 0.25) is 0 Å². The molecular formula is C18H16N2O3S. The van der Waals surface area contributed by atoms with Crippen LogP contribution in [0.25, 0.3) is 0 Å². The third-order valence-electron chi connectivity index (χ3n) is 4.12. The van der Waals surface area contributed by atoms with Crippen LogP contribution in [0.4, 0.5) is 11.4 Å². The molecular weight excluding hydrogens is 324 g/mol. The highest BCUT2D eigenvalue weighted by molar-refractivity contribution is 8.01. The van der Waals surface area contributed by atoms with Crippen LogP contribution in [0, 0.1) is 0 Å². The predicted octanol–water partition coefficient (Wildman–Crippen LogP) is 3.06. The molecule has 0 saturated carbocycles. The number of carbonyl (C=O) groups excluding carboxylic acids is 2. The van der Waals surface area contributed by atoms with Crippen molar-refractivity contribution in [1.82, 2.24) is 0 Å². The van der Waals surface area contributed by atoms with Crippen molar-refractivity contribution in [3.63, 3.8) is 0 Å². The average Bonchev–Trinajstić information content (AvgIpc) is 3.00. The summed E-state index contributed by atoms with van der Waals surface area (Å²) < 4.78 is 5.52. The van der Waals surface area contributed by atoms with E-state index < -0.39 is 6.10 Å². The number of rotatable bonds is 2. The van der Waals surface area contributed by atoms with Crippen molar-refractivity contribution < 1.29 is 14.3 Å². The Morgan fingerprint density at radius 2 is 2.12 bits per heavy atom. The number of benzene rings is 2. The van der Waals surface area contributed by atoms with Crippen molar-refractivity contribution in [2.45, 2.75) is 29.6 Å². The van der Waals surface area contributed by atoms with E-state index in [1.807, 2.05) is 18.2 Å². The molecule has 0 fully saturated rings. The molecule has 0 radical (unpaired) electrons. The molecule has 2 aliphatic heterocycles. The normalized spacial score (nSPS) is 21.3. The maximum atomic E-state index is 12.5. The van der Waals surface area contributed by atoms with Crippen LogP contribution >= 0.6 is 11.8 Å². The Morgan fingerprint density at radius 1 is 1.29 bits per heavy atom. The van der Waals surface area contributed by atoms with E-state index in [0.29, 0.717) is 17.1 Å². The predicted molar refractivity (Wildman–Crippen MR) is 93.6 cm³/mol. The average molecular weight is 340 g/mol. The summed E-state index contributed by atoms with van der Waals surface area (Å²) >= 11 is 1.59. The quantitative estimate of drug-likeness (QED) is 0.882. The molecule has 2 amide bonds. The van der Waals surface area contributed by atoms with Gasteiger partial charge in [0.05, 0.1) is 10.9 Å². The van der Waals surface area contributed by atoms with Gasteiger partial charge in [0.2, 0.25) is 5.91 Å². The molecule has 2 heterocycles. The van der Waals surface area contributed by atoms with E-state index in [1.165, 1.54) is 5.56 Å². The zero-order valence-electron chi connectivity index (χ0n) is 13.0. The number of carbonyl (C=O) groups is 2. The molecule has 0 aliphatic carbocycles. The summed E-state index contributed by atoms with van der Waals surface area (Å²) in [6.45, 7) is 1.70. The molecule has 24 heavy (non-hydrogen) atoms. The maximum absolute atomic E-state index is 12.5. The zero-order chi connectivity index (χ0) is 16.7. The Labute approximate surface area is 143 Å². The summed E-state index contributed by atoms with van der Waals surface area (Å²) in [5.74, 6) is 0.392. The van der Waals surface area contributed by atoms with Crippen molar-refractivity contribution >= 4 is 35.0 Å². The van der Waals surface area contributed by atoms with Gasteiger partial charge in [0, 0.05) is 10.6 Å². The lowest BCUT2D eigenvalue weighted by atomic mass is 10.1. The molecule has 2 aromatic carbocycles. The fraction of sp³-hybridized carbons (Fsp3) is 0.222. The van der Waals surface area contributed by atoms with Crippen LogP contribution in [0.3, 0.4) is 0 Å². The molecule has 4 rings (SSSR count). The van der Waals surface area contributed by atoms with Crippen molar-refractivity contribution in [3.05, 3.63) is 48.0 Å². The number of hydrogen-bond donors (Lipinski definition) is 2. The van der Waals surface area contributed by atoms with Crippen molar-refractivity contribution in [1.29, 1.82) is 0 Å². The number of ether oxygens (including phenoxy) is 1. The first-order chi connectivity index (χ1) is 11.6. The summed E-state index contributed by atoms with van der Waals surface area (Å²) in [7, 11) is 0. The van der Waals surface area contributed by atoms with Gasteiger partial charge >= 0.3 is 0 Å². The highest BCUT2D eigenvalue weighted by Crippen LogP contribution is 2.38. The van der Waals surface area contributed by atoms with Gasteiger partial charge in [-0.15, -0.1) is 11.8 Å². The first-order valence-corrected chi connectivity index (χ1v) is 8.65. The zero-order valence-corrected chi connectivity index (χ0v) is 13.9. The molecule has 5 nitrogen and oxygen atoms in total. The number of anilines is 2. The minimum absolute atomic E-state index is 0.0347. The smallest absolute Gasteiger partial charge is 0.265 e. The fourth-order valence-electron chi connectivity index (χ4n) is 2.84.